The molecule has 0 bridgehead atoms. The Bertz CT molecular complexity index is 1300. The Labute approximate surface area is 210 Å². The van der Waals surface area contributed by atoms with Crippen molar-refractivity contribution >= 4 is 44.7 Å². The van der Waals surface area contributed by atoms with Crippen LogP contribution in [0.4, 0.5) is 36.3 Å². The maximum absolute atomic E-state index is 13.0. The Morgan fingerprint density at radius 3 is 2.75 bits per heavy atom. The van der Waals surface area contributed by atoms with Gasteiger partial charge in [-0.15, -0.1) is 11.3 Å². The minimum absolute atomic E-state index is 0.134. The molecule has 6 rings (SSSR count). The van der Waals surface area contributed by atoms with E-state index in [0.717, 1.165) is 74.1 Å². The topological polar surface area (TPSA) is 88.6 Å². The lowest BCUT2D eigenvalue weighted by atomic mass is 9.86. The van der Waals surface area contributed by atoms with E-state index in [1.54, 1.807) is 13.1 Å². The third-order valence-corrected chi connectivity index (χ3v) is 8.38. The van der Waals surface area contributed by atoms with E-state index in [4.69, 9.17) is 0 Å². The highest BCUT2D eigenvalue weighted by Crippen LogP contribution is 2.44. The first kappa shape index (κ1) is 23.6. The van der Waals surface area contributed by atoms with Gasteiger partial charge >= 0.3 is 6.18 Å². The molecule has 8 nitrogen and oxygen atoms in total. The molecule has 2 atom stereocenters. The Morgan fingerprint density at radius 1 is 1.14 bits per heavy atom. The number of nitrogens with one attached hydrogen (secondary N) is 3. The van der Waals surface area contributed by atoms with Gasteiger partial charge in [0.25, 0.3) is 0 Å². The average Bonchev–Trinajstić information content (AvgIpc) is 3.58. The highest BCUT2D eigenvalue weighted by molar-refractivity contribution is 7.18. The normalized spacial score (nSPS) is 23.9. The summed E-state index contributed by atoms with van der Waals surface area (Å²) in [6, 6.07) is 7.77. The number of likely N-dealkylation sites (tertiary alicyclic amines) is 1. The van der Waals surface area contributed by atoms with Crippen molar-refractivity contribution in [3.8, 4) is 0 Å². The lowest BCUT2D eigenvalue weighted by Crippen LogP contribution is -2.31. The van der Waals surface area contributed by atoms with Gasteiger partial charge in [-0.2, -0.15) is 18.2 Å². The van der Waals surface area contributed by atoms with Crippen LogP contribution in [0.25, 0.3) is 10.2 Å². The smallest absolute Gasteiger partial charge is 0.357 e. The van der Waals surface area contributed by atoms with Gasteiger partial charge in [-0.3, -0.25) is 4.90 Å². The number of hydrogen-bond acceptors (Lipinski definition) is 9. The van der Waals surface area contributed by atoms with Crippen molar-refractivity contribution in [3.63, 3.8) is 0 Å². The standard InChI is InChI=1S/C24H28F3N7OS/c1-28-21-31-19(16-9-15(10-24(25,26)27)36-20(16)32-21)34-7-5-23(13-34)4-6-33(12-23)11-14-2-3-17-18(8-14)30-22(35)29-17/h2-3,8-9,22,29-30,35H,4-7,10-13H2,1H3,(H,28,31,32). The Hall–Kier alpha value is -2.83. The Morgan fingerprint density at radius 2 is 1.94 bits per heavy atom. The molecular weight excluding hydrogens is 491 g/mol. The maximum Gasteiger partial charge on any atom is 0.393 e. The molecule has 2 aromatic heterocycles. The molecule has 3 aliphatic rings. The van der Waals surface area contributed by atoms with Gasteiger partial charge in [-0.1, -0.05) is 6.07 Å². The van der Waals surface area contributed by atoms with Gasteiger partial charge in [0.2, 0.25) is 12.3 Å². The van der Waals surface area contributed by atoms with Gasteiger partial charge in [0.15, 0.2) is 0 Å². The fraction of sp³-hybridized carbons (Fsp3) is 0.500. The number of hydrogen-bond donors (Lipinski definition) is 4. The van der Waals surface area contributed by atoms with Crippen molar-refractivity contribution in [1.29, 1.82) is 0 Å². The van der Waals surface area contributed by atoms with Crippen molar-refractivity contribution < 1.29 is 18.3 Å². The lowest BCUT2D eigenvalue weighted by Gasteiger charge is -2.25. The fourth-order valence-electron chi connectivity index (χ4n) is 5.73. The van der Waals surface area contributed by atoms with E-state index in [1.165, 1.54) is 5.56 Å². The second-order valence-corrected chi connectivity index (χ2v) is 11.2. The van der Waals surface area contributed by atoms with Crippen LogP contribution in [0.15, 0.2) is 24.3 Å². The molecular formula is C24H28F3N7OS. The van der Waals surface area contributed by atoms with E-state index in [1.807, 2.05) is 6.07 Å². The van der Waals surface area contributed by atoms with Gasteiger partial charge in [0, 0.05) is 43.5 Å². The highest BCUT2D eigenvalue weighted by atomic mass is 32.1. The fourth-order valence-corrected chi connectivity index (χ4v) is 6.78. The third-order valence-electron chi connectivity index (χ3n) is 7.35. The minimum Gasteiger partial charge on any atom is -0.357 e. The zero-order valence-corrected chi connectivity index (χ0v) is 20.6. The molecule has 0 radical (unpaired) electrons. The Balaban J connectivity index is 1.18. The summed E-state index contributed by atoms with van der Waals surface area (Å²) in [6.45, 7) is 4.43. The van der Waals surface area contributed by atoms with Crippen LogP contribution in [0, 0.1) is 5.41 Å². The summed E-state index contributed by atoms with van der Waals surface area (Å²) in [5.74, 6) is 1.15. The second-order valence-electron chi connectivity index (χ2n) is 10.0. The number of anilines is 4. The van der Waals surface area contributed by atoms with Gasteiger partial charge in [-0.25, -0.2) is 4.98 Å². The quantitative estimate of drug-likeness (QED) is 0.402. The minimum atomic E-state index is -4.25. The van der Waals surface area contributed by atoms with E-state index in [2.05, 4.69) is 47.9 Å². The van der Waals surface area contributed by atoms with Crippen LogP contribution in [-0.4, -0.2) is 65.7 Å². The molecule has 2 saturated heterocycles. The molecule has 4 N–H and O–H groups in total. The molecule has 3 aromatic rings. The van der Waals surface area contributed by atoms with Crippen LogP contribution >= 0.6 is 11.3 Å². The number of aromatic nitrogens is 2. The molecule has 12 heteroatoms. The SMILES string of the molecule is CNc1nc(N2CCC3(CCN(Cc4ccc5c(c4)NC(O)N5)C3)C2)c2cc(CC(F)(F)F)sc2n1. The molecule has 1 aromatic carbocycles. The van der Waals surface area contributed by atoms with Crippen LogP contribution in [0.1, 0.15) is 23.3 Å². The number of nitrogens with zero attached hydrogens (tertiary/aromatic N) is 4. The van der Waals surface area contributed by atoms with Crippen molar-refractivity contribution in [2.45, 2.75) is 38.3 Å². The van der Waals surface area contributed by atoms with E-state index in [-0.39, 0.29) is 10.3 Å². The maximum atomic E-state index is 13.0. The number of fused-ring (bicyclic) bond motifs is 2. The molecule has 2 fully saturated rings. The molecule has 5 heterocycles. The molecule has 192 valence electrons. The van der Waals surface area contributed by atoms with Crippen LogP contribution in [-0.2, 0) is 13.0 Å². The molecule has 36 heavy (non-hydrogen) atoms. The van der Waals surface area contributed by atoms with Gasteiger partial charge in [0.1, 0.15) is 10.6 Å². The summed E-state index contributed by atoms with van der Waals surface area (Å²) in [6.07, 6.45) is -3.86. The summed E-state index contributed by atoms with van der Waals surface area (Å²) in [7, 11) is 1.72. The van der Waals surface area contributed by atoms with Crippen LogP contribution in [0.2, 0.25) is 0 Å². The van der Waals surface area contributed by atoms with Crippen molar-refractivity contribution in [2.24, 2.45) is 5.41 Å². The molecule has 0 aliphatic carbocycles. The van der Waals surface area contributed by atoms with Gasteiger partial charge < -0.3 is 26.0 Å². The Kier molecular flexibility index (Phi) is 5.65. The number of rotatable bonds is 5. The molecule has 0 amide bonds. The number of alkyl halides is 3. The van der Waals surface area contributed by atoms with Crippen molar-refractivity contribution in [3.05, 3.63) is 34.7 Å². The predicted octanol–water partition coefficient (Wildman–Crippen LogP) is 4.05. The number of aliphatic hydroxyl groups excluding tert-OH is 1. The monoisotopic (exact) mass is 519 g/mol. The van der Waals surface area contributed by atoms with Crippen LogP contribution in [0.5, 0.6) is 0 Å². The molecule has 3 aliphatic heterocycles. The molecule has 0 saturated carbocycles. The molecule has 1 spiro atoms. The third kappa shape index (κ3) is 4.53. The molecule has 2 unspecified atom stereocenters. The van der Waals surface area contributed by atoms with Crippen LogP contribution in [0.3, 0.4) is 0 Å². The van der Waals surface area contributed by atoms with Gasteiger partial charge in [-0.05, 0) is 43.1 Å². The van der Waals surface area contributed by atoms with Gasteiger partial charge in [0.05, 0.1) is 23.2 Å². The first-order chi connectivity index (χ1) is 17.2. The summed E-state index contributed by atoms with van der Waals surface area (Å²) in [5, 5.41) is 19.4. The number of benzene rings is 1. The lowest BCUT2D eigenvalue weighted by molar-refractivity contribution is -0.126. The first-order valence-electron chi connectivity index (χ1n) is 12.1. The highest BCUT2D eigenvalue weighted by Gasteiger charge is 2.44. The number of aliphatic hydroxyl groups is 1. The van der Waals surface area contributed by atoms with E-state index in [0.29, 0.717) is 16.2 Å². The van der Waals surface area contributed by atoms with Crippen molar-refractivity contribution in [2.75, 3.05) is 54.1 Å². The number of thiophene rings is 1. The average molecular weight is 520 g/mol. The second kappa shape index (κ2) is 8.63. The summed E-state index contributed by atoms with van der Waals surface area (Å²) in [5.41, 5.74) is 3.14. The van der Waals surface area contributed by atoms with E-state index >= 15 is 0 Å². The van der Waals surface area contributed by atoms with Crippen molar-refractivity contribution in [1.82, 2.24) is 14.9 Å². The zero-order valence-electron chi connectivity index (χ0n) is 19.8. The largest absolute Gasteiger partial charge is 0.393 e. The summed E-state index contributed by atoms with van der Waals surface area (Å²) < 4.78 is 39.1. The zero-order chi connectivity index (χ0) is 25.1. The summed E-state index contributed by atoms with van der Waals surface area (Å²) in [4.78, 5) is 14.6. The summed E-state index contributed by atoms with van der Waals surface area (Å²) >= 11 is 1.09. The van der Waals surface area contributed by atoms with E-state index in [9.17, 15) is 18.3 Å². The first-order valence-corrected chi connectivity index (χ1v) is 12.9. The number of halogens is 3. The van der Waals surface area contributed by atoms with E-state index < -0.39 is 18.9 Å². The predicted molar refractivity (Wildman–Crippen MR) is 136 cm³/mol. The van der Waals surface area contributed by atoms with Crippen LogP contribution < -0.4 is 20.9 Å².